The molecule has 0 heterocycles. The highest BCUT2D eigenvalue weighted by atomic mass is 16.5. The van der Waals surface area contributed by atoms with Gasteiger partial charge in [-0.05, 0) is 29.8 Å². The zero-order valence-electron chi connectivity index (χ0n) is 8.76. The number of phenolic OH excluding ortho intramolecular Hbond substituents is 1. The first-order chi connectivity index (χ1) is 7.74. The number of hydrogen-bond acceptors (Lipinski definition) is 3. The van der Waals surface area contributed by atoms with Gasteiger partial charge in [-0.3, -0.25) is 0 Å². The molecule has 0 fully saturated rings. The number of hydrogen-bond donors (Lipinski definition) is 2. The van der Waals surface area contributed by atoms with Crippen LogP contribution in [0.25, 0.3) is 0 Å². The van der Waals surface area contributed by atoms with Gasteiger partial charge in [-0.15, -0.1) is 0 Å². The van der Waals surface area contributed by atoms with Crippen LogP contribution in [-0.2, 0) is 6.61 Å². The van der Waals surface area contributed by atoms with Gasteiger partial charge in [-0.25, -0.2) is 0 Å². The Morgan fingerprint density at radius 2 is 1.88 bits per heavy atom. The lowest BCUT2D eigenvalue weighted by Gasteiger charge is -2.06. The first kappa shape index (κ1) is 10.4. The molecule has 0 amide bonds. The van der Waals surface area contributed by atoms with E-state index in [2.05, 4.69) is 0 Å². The number of ether oxygens (including phenoxy) is 1. The summed E-state index contributed by atoms with van der Waals surface area (Å²) < 4.78 is 5.51. The third-order valence-corrected chi connectivity index (χ3v) is 2.17. The van der Waals surface area contributed by atoms with Gasteiger partial charge in [0, 0.05) is 11.8 Å². The van der Waals surface area contributed by atoms with Gasteiger partial charge in [0.1, 0.15) is 18.1 Å². The Morgan fingerprint density at radius 1 is 1.06 bits per heavy atom. The van der Waals surface area contributed by atoms with Crippen LogP contribution in [0.3, 0.4) is 0 Å². The minimum Gasteiger partial charge on any atom is -0.508 e. The fraction of sp³-hybridized carbons (Fsp3) is 0.0769. The van der Waals surface area contributed by atoms with Gasteiger partial charge in [0.25, 0.3) is 0 Å². The van der Waals surface area contributed by atoms with Gasteiger partial charge >= 0.3 is 0 Å². The van der Waals surface area contributed by atoms with Crippen LogP contribution in [0.5, 0.6) is 11.5 Å². The third-order valence-electron chi connectivity index (χ3n) is 2.17. The molecule has 0 saturated heterocycles. The molecule has 2 rings (SSSR count). The zero-order valence-corrected chi connectivity index (χ0v) is 8.76. The standard InChI is InChI=1S/C13H13NO2/c14-11-4-1-3-10(7-11)9-16-13-6-2-5-12(15)8-13/h1-8,15H,9,14H2. The van der Waals surface area contributed by atoms with E-state index < -0.39 is 0 Å². The molecular weight excluding hydrogens is 202 g/mol. The van der Waals surface area contributed by atoms with Crippen molar-refractivity contribution in [3.63, 3.8) is 0 Å². The predicted molar refractivity (Wildman–Crippen MR) is 63.3 cm³/mol. The van der Waals surface area contributed by atoms with Crippen molar-refractivity contribution in [2.45, 2.75) is 6.61 Å². The molecule has 0 aliphatic heterocycles. The Labute approximate surface area is 94.1 Å². The van der Waals surface area contributed by atoms with Gasteiger partial charge in [0.05, 0.1) is 0 Å². The quantitative estimate of drug-likeness (QED) is 0.773. The van der Waals surface area contributed by atoms with Crippen molar-refractivity contribution in [3.8, 4) is 11.5 Å². The summed E-state index contributed by atoms with van der Waals surface area (Å²) in [6.45, 7) is 0.439. The topological polar surface area (TPSA) is 55.5 Å². The van der Waals surface area contributed by atoms with Gasteiger partial charge in [0.2, 0.25) is 0 Å². The van der Waals surface area contributed by atoms with E-state index in [1.54, 1.807) is 24.3 Å². The summed E-state index contributed by atoms with van der Waals surface area (Å²) in [5.41, 5.74) is 7.38. The first-order valence-electron chi connectivity index (χ1n) is 5.00. The lowest BCUT2D eigenvalue weighted by molar-refractivity contribution is 0.304. The molecule has 2 aromatic carbocycles. The summed E-state index contributed by atoms with van der Waals surface area (Å²) in [5, 5.41) is 9.25. The van der Waals surface area contributed by atoms with Crippen molar-refractivity contribution in [2.75, 3.05) is 5.73 Å². The molecule has 3 N–H and O–H groups in total. The van der Waals surface area contributed by atoms with E-state index in [4.69, 9.17) is 10.5 Å². The van der Waals surface area contributed by atoms with Crippen LogP contribution in [-0.4, -0.2) is 5.11 Å². The molecule has 0 bridgehead atoms. The Morgan fingerprint density at radius 3 is 2.62 bits per heavy atom. The van der Waals surface area contributed by atoms with E-state index in [0.717, 1.165) is 11.3 Å². The van der Waals surface area contributed by atoms with Crippen LogP contribution in [0.1, 0.15) is 5.56 Å². The van der Waals surface area contributed by atoms with E-state index in [0.29, 0.717) is 12.4 Å². The highest BCUT2D eigenvalue weighted by molar-refractivity contribution is 5.40. The molecule has 16 heavy (non-hydrogen) atoms. The molecule has 0 atom stereocenters. The second-order valence-corrected chi connectivity index (χ2v) is 3.53. The van der Waals surface area contributed by atoms with E-state index in [9.17, 15) is 5.11 Å². The number of aromatic hydroxyl groups is 1. The summed E-state index contributed by atoms with van der Waals surface area (Å²) >= 11 is 0. The highest BCUT2D eigenvalue weighted by Gasteiger charge is 1.97. The van der Waals surface area contributed by atoms with Gasteiger partial charge in [-0.1, -0.05) is 18.2 Å². The van der Waals surface area contributed by atoms with Crippen LogP contribution in [0.15, 0.2) is 48.5 Å². The van der Waals surface area contributed by atoms with Crippen molar-refractivity contribution >= 4 is 5.69 Å². The van der Waals surface area contributed by atoms with Crippen molar-refractivity contribution in [1.82, 2.24) is 0 Å². The fourth-order valence-electron chi connectivity index (χ4n) is 1.42. The first-order valence-corrected chi connectivity index (χ1v) is 5.00. The van der Waals surface area contributed by atoms with Crippen molar-refractivity contribution in [1.29, 1.82) is 0 Å². The van der Waals surface area contributed by atoms with E-state index in [1.807, 2.05) is 24.3 Å². The van der Waals surface area contributed by atoms with Crippen LogP contribution in [0.2, 0.25) is 0 Å². The van der Waals surface area contributed by atoms with Crippen molar-refractivity contribution < 1.29 is 9.84 Å². The maximum atomic E-state index is 9.25. The van der Waals surface area contributed by atoms with Gasteiger partial charge in [0.15, 0.2) is 0 Å². The Balaban J connectivity index is 2.02. The molecule has 0 radical (unpaired) electrons. The largest absolute Gasteiger partial charge is 0.508 e. The minimum absolute atomic E-state index is 0.199. The molecule has 3 nitrogen and oxygen atoms in total. The molecule has 0 aliphatic rings. The van der Waals surface area contributed by atoms with E-state index in [-0.39, 0.29) is 5.75 Å². The van der Waals surface area contributed by atoms with Gasteiger partial charge < -0.3 is 15.6 Å². The maximum absolute atomic E-state index is 9.25. The monoisotopic (exact) mass is 215 g/mol. The van der Waals surface area contributed by atoms with E-state index in [1.165, 1.54) is 0 Å². The maximum Gasteiger partial charge on any atom is 0.123 e. The predicted octanol–water partition coefficient (Wildman–Crippen LogP) is 2.55. The molecule has 0 unspecified atom stereocenters. The summed E-state index contributed by atoms with van der Waals surface area (Å²) in [6.07, 6.45) is 0. The molecule has 0 spiro atoms. The average molecular weight is 215 g/mol. The summed E-state index contributed by atoms with van der Waals surface area (Å²) in [7, 11) is 0. The Bertz CT molecular complexity index is 437. The molecule has 82 valence electrons. The molecule has 0 aromatic heterocycles. The smallest absolute Gasteiger partial charge is 0.123 e. The van der Waals surface area contributed by atoms with Crippen LogP contribution in [0.4, 0.5) is 5.69 Å². The van der Waals surface area contributed by atoms with Crippen molar-refractivity contribution in [3.05, 3.63) is 54.1 Å². The third kappa shape index (κ3) is 2.67. The second-order valence-electron chi connectivity index (χ2n) is 3.53. The number of rotatable bonds is 3. The van der Waals surface area contributed by atoms with Crippen LogP contribution >= 0.6 is 0 Å². The minimum atomic E-state index is 0.199. The Hall–Kier alpha value is -2.16. The molecule has 0 aliphatic carbocycles. The lowest BCUT2D eigenvalue weighted by atomic mass is 10.2. The van der Waals surface area contributed by atoms with Crippen LogP contribution in [0, 0.1) is 0 Å². The SMILES string of the molecule is Nc1cccc(COc2cccc(O)c2)c1. The average Bonchev–Trinajstić information content (AvgIpc) is 2.27. The summed E-state index contributed by atoms with van der Waals surface area (Å²) in [6, 6.07) is 14.2. The number of phenols is 1. The lowest BCUT2D eigenvalue weighted by Crippen LogP contribution is -1.96. The summed E-state index contributed by atoms with van der Waals surface area (Å²) in [5.74, 6) is 0.840. The number of anilines is 1. The second kappa shape index (κ2) is 4.57. The molecule has 0 saturated carbocycles. The van der Waals surface area contributed by atoms with Crippen molar-refractivity contribution in [2.24, 2.45) is 0 Å². The molecule has 2 aromatic rings. The van der Waals surface area contributed by atoms with E-state index >= 15 is 0 Å². The molecule has 3 heteroatoms. The zero-order chi connectivity index (χ0) is 11.4. The normalized spacial score (nSPS) is 10.0. The number of nitrogens with two attached hydrogens (primary N) is 1. The Kier molecular flexibility index (Phi) is 2.96. The van der Waals surface area contributed by atoms with Gasteiger partial charge in [-0.2, -0.15) is 0 Å². The summed E-state index contributed by atoms with van der Waals surface area (Å²) in [4.78, 5) is 0. The number of nitrogen functional groups attached to an aromatic ring is 1. The molecular formula is C13H13NO2. The fourth-order valence-corrected chi connectivity index (χ4v) is 1.42. The highest BCUT2D eigenvalue weighted by Crippen LogP contribution is 2.19. The number of benzene rings is 2. The van der Waals surface area contributed by atoms with Crippen LogP contribution < -0.4 is 10.5 Å².